The van der Waals surface area contributed by atoms with Crippen molar-refractivity contribution in [3.63, 3.8) is 0 Å². The molecular weight excluding hydrogens is 380 g/mol. The maximum absolute atomic E-state index is 12.3. The van der Waals surface area contributed by atoms with Crippen molar-refractivity contribution in [2.45, 2.75) is 38.3 Å². The molecule has 2 aromatic carbocycles. The average Bonchev–Trinajstić information content (AvgIpc) is 3.47. The van der Waals surface area contributed by atoms with Crippen LogP contribution in [0.4, 0.5) is 8.78 Å². The third-order valence-corrected chi connectivity index (χ3v) is 5.15. The predicted octanol–water partition coefficient (Wildman–Crippen LogP) is 4.86. The summed E-state index contributed by atoms with van der Waals surface area (Å²) < 4.78 is 36.3. The average molecular weight is 397 g/mol. The van der Waals surface area contributed by atoms with Gasteiger partial charge in [-0.3, -0.25) is 0 Å². The van der Waals surface area contributed by atoms with Gasteiger partial charge < -0.3 is 9.26 Å². The highest BCUT2D eigenvalue weighted by Gasteiger charge is 2.21. The largest absolute Gasteiger partial charge is 0.435 e. The van der Waals surface area contributed by atoms with E-state index in [1.165, 1.54) is 25.0 Å². The van der Waals surface area contributed by atoms with Crippen molar-refractivity contribution in [2.24, 2.45) is 0 Å². The van der Waals surface area contributed by atoms with Gasteiger partial charge >= 0.3 is 6.61 Å². The van der Waals surface area contributed by atoms with Gasteiger partial charge in [-0.15, -0.1) is 5.10 Å². The Labute approximate surface area is 164 Å². The molecule has 1 aliphatic rings. The molecule has 0 amide bonds. The lowest BCUT2D eigenvalue weighted by Crippen LogP contribution is -2.06. The summed E-state index contributed by atoms with van der Waals surface area (Å²) in [6.45, 7) is -2.86. The van der Waals surface area contributed by atoms with E-state index in [9.17, 15) is 8.78 Å². The van der Waals surface area contributed by atoms with Gasteiger partial charge in [0.25, 0.3) is 5.89 Å². The van der Waals surface area contributed by atoms with E-state index in [0.717, 1.165) is 29.4 Å². The molecule has 148 valence electrons. The molecule has 29 heavy (non-hydrogen) atoms. The van der Waals surface area contributed by atoms with Crippen molar-refractivity contribution in [3.05, 3.63) is 42.5 Å². The van der Waals surface area contributed by atoms with E-state index < -0.39 is 6.61 Å². The quantitative estimate of drug-likeness (QED) is 0.478. The monoisotopic (exact) mass is 397 g/mol. The van der Waals surface area contributed by atoms with Crippen molar-refractivity contribution in [1.82, 2.24) is 25.1 Å². The number of aromatic nitrogens is 5. The van der Waals surface area contributed by atoms with Crippen LogP contribution >= 0.6 is 0 Å². The highest BCUT2D eigenvalue weighted by Crippen LogP contribution is 2.32. The Hall–Kier alpha value is -3.36. The van der Waals surface area contributed by atoms with E-state index >= 15 is 0 Å². The Balaban J connectivity index is 1.40. The van der Waals surface area contributed by atoms with Crippen LogP contribution < -0.4 is 4.74 Å². The predicted molar refractivity (Wildman–Crippen MR) is 100 cm³/mol. The highest BCUT2D eigenvalue weighted by atomic mass is 19.3. The molecule has 2 heterocycles. The first-order valence-corrected chi connectivity index (χ1v) is 9.42. The van der Waals surface area contributed by atoms with Gasteiger partial charge in [0.1, 0.15) is 11.3 Å². The molecular formula is C20H17F2N5O2. The number of benzene rings is 2. The van der Waals surface area contributed by atoms with Gasteiger partial charge in [0, 0.05) is 11.1 Å². The Morgan fingerprint density at radius 1 is 1.03 bits per heavy atom. The number of hydrogen-bond acceptors (Lipinski definition) is 6. The molecule has 0 radical (unpaired) electrons. The lowest BCUT2D eigenvalue weighted by Gasteiger charge is -2.09. The summed E-state index contributed by atoms with van der Waals surface area (Å²) in [5.41, 5.74) is 3.15. The lowest BCUT2D eigenvalue weighted by molar-refractivity contribution is -0.0498. The van der Waals surface area contributed by atoms with Crippen LogP contribution in [0, 0.1) is 0 Å². The number of nitrogens with zero attached hydrogens (tertiary/aromatic N) is 5. The van der Waals surface area contributed by atoms with E-state index in [4.69, 9.17) is 4.52 Å². The molecule has 0 atom stereocenters. The number of ether oxygens (including phenoxy) is 1. The molecule has 5 rings (SSSR count). The Kier molecular flexibility index (Phi) is 4.42. The normalized spacial score (nSPS) is 14.9. The Morgan fingerprint density at radius 3 is 2.55 bits per heavy atom. The summed E-state index contributed by atoms with van der Waals surface area (Å²) >= 11 is 0. The van der Waals surface area contributed by atoms with E-state index in [1.807, 2.05) is 22.9 Å². The van der Waals surface area contributed by atoms with E-state index in [-0.39, 0.29) is 5.75 Å². The van der Waals surface area contributed by atoms with E-state index in [2.05, 4.69) is 25.2 Å². The van der Waals surface area contributed by atoms with Crippen LogP contribution in [0.3, 0.4) is 0 Å². The molecule has 1 saturated carbocycles. The van der Waals surface area contributed by atoms with Crippen LogP contribution in [0.2, 0.25) is 0 Å². The van der Waals surface area contributed by atoms with Crippen molar-refractivity contribution in [2.75, 3.05) is 0 Å². The van der Waals surface area contributed by atoms with E-state index in [0.29, 0.717) is 23.3 Å². The zero-order valence-corrected chi connectivity index (χ0v) is 15.3. The standard InChI is InChI=1S/C20H17F2N5O2/c21-20(22)28-15-8-5-12(6-9-15)18-23-19(29-25-18)13-7-10-17-16(11-13)24-26-27(17)14-3-1-2-4-14/h5-11,14,20H,1-4H2. The van der Waals surface area contributed by atoms with Gasteiger partial charge in [-0.1, -0.05) is 23.2 Å². The maximum Gasteiger partial charge on any atom is 0.387 e. The van der Waals surface area contributed by atoms with Gasteiger partial charge in [-0.05, 0) is 55.3 Å². The van der Waals surface area contributed by atoms with E-state index in [1.54, 1.807) is 12.1 Å². The smallest absolute Gasteiger partial charge is 0.387 e. The first-order chi connectivity index (χ1) is 14.2. The summed E-state index contributed by atoms with van der Waals surface area (Å²) in [7, 11) is 0. The molecule has 1 aliphatic carbocycles. The first kappa shape index (κ1) is 17.7. The van der Waals surface area contributed by atoms with Crippen molar-refractivity contribution < 1.29 is 18.0 Å². The molecule has 0 saturated heterocycles. The molecule has 1 fully saturated rings. The molecule has 4 aromatic rings. The molecule has 2 aromatic heterocycles. The third kappa shape index (κ3) is 3.43. The Bertz CT molecular complexity index is 1130. The molecule has 9 heteroatoms. The summed E-state index contributed by atoms with van der Waals surface area (Å²) in [6, 6.07) is 12.3. The van der Waals surface area contributed by atoms with Gasteiger partial charge in [0.05, 0.1) is 11.6 Å². The van der Waals surface area contributed by atoms with Crippen LogP contribution in [-0.2, 0) is 0 Å². The molecule has 0 aliphatic heterocycles. The van der Waals surface area contributed by atoms with Crippen LogP contribution in [0.15, 0.2) is 47.0 Å². The lowest BCUT2D eigenvalue weighted by atomic mass is 10.1. The van der Waals surface area contributed by atoms with Crippen molar-refractivity contribution >= 4 is 11.0 Å². The molecule has 0 bridgehead atoms. The Morgan fingerprint density at radius 2 is 1.79 bits per heavy atom. The van der Waals surface area contributed by atoms with Crippen molar-refractivity contribution in [3.8, 4) is 28.6 Å². The maximum atomic E-state index is 12.3. The third-order valence-electron chi connectivity index (χ3n) is 5.15. The van der Waals surface area contributed by atoms with Crippen LogP contribution in [0.25, 0.3) is 33.9 Å². The minimum Gasteiger partial charge on any atom is -0.435 e. The number of halogens is 2. The summed E-state index contributed by atoms with van der Waals surface area (Å²) in [5.74, 6) is 0.784. The topological polar surface area (TPSA) is 78.9 Å². The summed E-state index contributed by atoms with van der Waals surface area (Å²) in [5, 5.41) is 12.6. The second kappa shape index (κ2) is 7.23. The van der Waals surface area contributed by atoms with Gasteiger partial charge in [0.15, 0.2) is 0 Å². The summed E-state index contributed by atoms with van der Waals surface area (Å²) in [4.78, 5) is 4.41. The number of alkyl halides is 2. The molecule has 7 nitrogen and oxygen atoms in total. The second-order valence-electron chi connectivity index (χ2n) is 7.00. The minimum absolute atomic E-state index is 0.0725. The molecule has 0 unspecified atom stereocenters. The van der Waals surface area contributed by atoms with Crippen LogP contribution in [0.1, 0.15) is 31.7 Å². The van der Waals surface area contributed by atoms with Crippen LogP contribution in [0.5, 0.6) is 5.75 Å². The number of rotatable bonds is 5. The van der Waals surface area contributed by atoms with Crippen molar-refractivity contribution in [1.29, 1.82) is 0 Å². The number of hydrogen-bond donors (Lipinski definition) is 0. The van der Waals surface area contributed by atoms with Gasteiger partial charge in [-0.25, -0.2) is 4.68 Å². The minimum atomic E-state index is -2.86. The fourth-order valence-electron chi connectivity index (χ4n) is 3.74. The SMILES string of the molecule is FC(F)Oc1ccc(-c2noc(-c3ccc4c(c3)nnn4C3CCCC3)n2)cc1. The fraction of sp³-hybridized carbons (Fsp3) is 0.300. The zero-order valence-electron chi connectivity index (χ0n) is 15.3. The first-order valence-electron chi connectivity index (χ1n) is 9.42. The number of fused-ring (bicyclic) bond motifs is 1. The summed E-state index contributed by atoms with van der Waals surface area (Å²) in [6.07, 6.45) is 4.72. The zero-order chi connectivity index (χ0) is 19.8. The van der Waals surface area contributed by atoms with Gasteiger partial charge in [-0.2, -0.15) is 13.8 Å². The van der Waals surface area contributed by atoms with Crippen LogP contribution in [-0.4, -0.2) is 31.7 Å². The fourth-order valence-corrected chi connectivity index (χ4v) is 3.74. The molecule has 0 N–H and O–H groups in total. The van der Waals surface area contributed by atoms with Gasteiger partial charge in [0.2, 0.25) is 5.82 Å². The second-order valence-corrected chi connectivity index (χ2v) is 7.00. The molecule has 0 spiro atoms. The highest BCUT2D eigenvalue weighted by molar-refractivity contribution is 5.80.